The molecule has 0 atom stereocenters. The summed E-state index contributed by atoms with van der Waals surface area (Å²) in [4.78, 5) is 10.7. The summed E-state index contributed by atoms with van der Waals surface area (Å²) in [7, 11) is 0. The van der Waals surface area contributed by atoms with Crippen LogP contribution in [-0.2, 0) is 6.61 Å². The minimum absolute atomic E-state index is 0.0200. The van der Waals surface area contributed by atoms with Crippen LogP contribution >= 0.6 is 0 Å². The Balaban J connectivity index is 2.14. The zero-order chi connectivity index (χ0) is 13.8. The van der Waals surface area contributed by atoms with Crippen molar-refractivity contribution in [3.63, 3.8) is 0 Å². The van der Waals surface area contributed by atoms with Crippen LogP contribution in [0.5, 0.6) is 5.75 Å². The maximum Gasteiger partial charge on any atom is 0.150 e. The molecule has 0 fully saturated rings. The monoisotopic (exact) mass is 262 g/mol. The molecule has 0 aliphatic carbocycles. The lowest BCUT2D eigenvalue weighted by atomic mass is 10.1. The summed E-state index contributed by atoms with van der Waals surface area (Å²) < 4.78 is 31.6. The molecule has 0 aromatic heterocycles. The lowest BCUT2D eigenvalue weighted by Gasteiger charge is -2.08. The van der Waals surface area contributed by atoms with E-state index in [1.54, 1.807) is 18.2 Å². The lowest BCUT2D eigenvalue weighted by Crippen LogP contribution is -1.99. The highest BCUT2D eigenvalue weighted by Crippen LogP contribution is 2.18. The number of rotatable bonds is 4. The molecule has 2 rings (SSSR count). The molecule has 0 aliphatic heterocycles. The Kier molecular flexibility index (Phi) is 3.90. The van der Waals surface area contributed by atoms with Crippen LogP contribution in [0.1, 0.15) is 21.5 Å². The number of aldehydes is 1. The molecule has 0 heterocycles. The van der Waals surface area contributed by atoms with Crippen LogP contribution in [0.3, 0.4) is 0 Å². The van der Waals surface area contributed by atoms with Crippen molar-refractivity contribution >= 4 is 6.29 Å². The van der Waals surface area contributed by atoms with Crippen LogP contribution in [0.4, 0.5) is 8.78 Å². The second kappa shape index (κ2) is 5.61. The summed E-state index contributed by atoms with van der Waals surface area (Å²) in [5, 5.41) is 0. The highest BCUT2D eigenvalue weighted by atomic mass is 19.1. The molecule has 19 heavy (non-hydrogen) atoms. The second-order valence-corrected chi connectivity index (χ2v) is 4.22. The average molecular weight is 262 g/mol. The first-order valence-electron chi connectivity index (χ1n) is 5.72. The Morgan fingerprint density at radius 2 is 1.95 bits per heavy atom. The fourth-order valence-electron chi connectivity index (χ4n) is 1.73. The lowest BCUT2D eigenvalue weighted by molar-refractivity contribution is 0.112. The molecule has 98 valence electrons. The van der Waals surface area contributed by atoms with Crippen LogP contribution in [0.2, 0.25) is 0 Å². The van der Waals surface area contributed by atoms with Crippen molar-refractivity contribution in [2.45, 2.75) is 13.5 Å². The van der Waals surface area contributed by atoms with Crippen molar-refractivity contribution in [1.29, 1.82) is 0 Å². The van der Waals surface area contributed by atoms with Gasteiger partial charge in [-0.2, -0.15) is 0 Å². The molecular formula is C15H12F2O2. The average Bonchev–Trinajstić information content (AvgIpc) is 2.37. The summed E-state index contributed by atoms with van der Waals surface area (Å²) in [6, 6.07) is 8.36. The van der Waals surface area contributed by atoms with Crippen LogP contribution < -0.4 is 4.74 Å². The maximum atomic E-state index is 13.4. The molecule has 0 spiro atoms. The SMILES string of the molecule is Cc1cc(C=O)cc(OCc2ccc(F)cc2F)c1. The largest absolute Gasteiger partial charge is 0.489 e. The maximum absolute atomic E-state index is 13.4. The predicted molar refractivity (Wildman–Crippen MR) is 67.3 cm³/mol. The Labute approximate surface area is 109 Å². The quantitative estimate of drug-likeness (QED) is 0.786. The van der Waals surface area contributed by atoms with E-state index in [4.69, 9.17) is 4.74 Å². The van der Waals surface area contributed by atoms with E-state index in [1.165, 1.54) is 12.1 Å². The molecular weight excluding hydrogens is 250 g/mol. The summed E-state index contributed by atoms with van der Waals surface area (Å²) >= 11 is 0. The summed E-state index contributed by atoms with van der Waals surface area (Å²) in [6.07, 6.45) is 0.721. The molecule has 2 nitrogen and oxygen atoms in total. The van der Waals surface area contributed by atoms with Crippen LogP contribution in [-0.4, -0.2) is 6.29 Å². The molecule has 0 aliphatic rings. The van der Waals surface area contributed by atoms with Crippen LogP contribution in [0.25, 0.3) is 0 Å². The van der Waals surface area contributed by atoms with Gasteiger partial charge in [-0.05, 0) is 42.8 Å². The van der Waals surface area contributed by atoms with E-state index in [-0.39, 0.29) is 12.2 Å². The van der Waals surface area contributed by atoms with Gasteiger partial charge in [0, 0.05) is 17.2 Å². The number of benzene rings is 2. The minimum Gasteiger partial charge on any atom is -0.489 e. The zero-order valence-electron chi connectivity index (χ0n) is 10.3. The number of carbonyl (C=O) groups excluding carboxylic acids is 1. The predicted octanol–water partition coefficient (Wildman–Crippen LogP) is 3.66. The van der Waals surface area contributed by atoms with Gasteiger partial charge in [0.25, 0.3) is 0 Å². The summed E-state index contributed by atoms with van der Waals surface area (Å²) in [5.41, 5.74) is 1.63. The van der Waals surface area contributed by atoms with Crippen LogP contribution in [0.15, 0.2) is 36.4 Å². The van der Waals surface area contributed by atoms with Gasteiger partial charge in [-0.3, -0.25) is 4.79 Å². The fraction of sp³-hybridized carbons (Fsp3) is 0.133. The van der Waals surface area contributed by atoms with E-state index >= 15 is 0 Å². The number of hydrogen-bond donors (Lipinski definition) is 0. The number of ether oxygens (including phenoxy) is 1. The van der Waals surface area contributed by atoms with Crippen LogP contribution in [0, 0.1) is 18.6 Å². The number of carbonyl (C=O) groups is 1. The molecule has 0 bridgehead atoms. The Morgan fingerprint density at radius 3 is 2.63 bits per heavy atom. The standard InChI is InChI=1S/C15H12F2O2/c1-10-4-11(8-18)6-14(5-10)19-9-12-2-3-13(16)7-15(12)17/h2-8H,9H2,1H3. The van der Waals surface area contributed by atoms with Gasteiger partial charge in [0.2, 0.25) is 0 Å². The first kappa shape index (κ1) is 13.2. The van der Waals surface area contributed by atoms with Gasteiger partial charge < -0.3 is 4.74 Å². The van der Waals surface area contributed by atoms with E-state index in [0.29, 0.717) is 11.3 Å². The first-order valence-corrected chi connectivity index (χ1v) is 5.72. The summed E-state index contributed by atoms with van der Waals surface area (Å²) in [6.45, 7) is 1.81. The van der Waals surface area contributed by atoms with Crippen molar-refractivity contribution in [2.24, 2.45) is 0 Å². The fourth-order valence-corrected chi connectivity index (χ4v) is 1.73. The van der Waals surface area contributed by atoms with Gasteiger partial charge in [-0.1, -0.05) is 0 Å². The number of halogens is 2. The van der Waals surface area contributed by atoms with Crippen molar-refractivity contribution in [2.75, 3.05) is 0 Å². The molecule has 2 aromatic carbocycles. The van der Waals surface area contributed by atoms with Gasteiger partial charge >= 0.3 is 0 Å². The highest BCUT2D eigenvalue weighted by molar-refractivity contribution is 5.76. The Hall–Kier alpha value is -2.23. The van der Waals surface area contributed by atoms with E-state index in [2.05, 4.69) is 0 Å². The number of aryl methyl sites for hydroxylation is 1. The van der Waals surface area contributed by atoms with Gasteiger partial charge in [-0.25, -0.2) is 8.78 Å². The Bertz CT molecular complexity index is 609. The summed E-state index contributed by atoms with van der Waals surface area (Å²) in [5.74, 6) is -0.797. The highest BCUT2D eigenvalue weighted by Gasteiger charge is 2.05. The second-order valence-electron chi connectivity index (χ2n) is 4.22. The van der Waals surface area contributed by atoms with Crippen molar-refractivity contribution in [1.82, 2.24) is 0 Å². The number of hydrogen-bond acceptors (Lipinski definition) is 2. The van der Waals surface area contributed by atoms with Crippen molar-refractivity contribution in [3.8, 4) is 5.75 Å². The molecule has 2 aromatic rings. The third-order valence-electron chi connectivity index (χ3n) is 2.62. The molecule has 0 saturated carbocycles. The molecule has 0 unspecified atom stereocenters. The van der Waals surface area contributed by atoms with Gasteiger partial charge in [-0.15, -0.1) is 0 Å². The Morgan fingerprint density at radius 1 is 1.16 bits per heavy atom. The minimum atomic E-state index is -0.650. The molecule has 0 saturated heterocycles. The first-order chi connectivity index (χ1) is 9.08. The van der Waals surface area contributed by atoms with E-state index in [1.807, 2.05) is 6.92 Å². The van der Waals surface area contributed by atoms with Gasteiger partial charge in [0.1, 0.15) is 30.3 Å². The molecule has 0 amide bonds. The third-order valence-corrected chi connectivity index (χ3v) is 2.62. The normalized spacial score (nSPS) is 10.3. The van der Waals surface area contributed by atoms with Gasteiger partial charge in [0.15, 0.2) is 0 Å². The smallest absolute Gasteiger partial charge is 0.150 e. The zero-order valence-corrected chi connectivity index (χ0v) is 10.3. The van der Waals surface area contributed by atoms with Crippen molar-refractivity contribution < 1.29 is 18.3 Å². The van der Waals surface area contributed by atoms with E-state index in [9.17, 15) is 13.6 Å². The molecule has 4 heteroatoms. The van der Waals surface area contributed by atoms with Crippen molar-refractivity contribution in [3.05, 3.63) is 64.7 Å². The molecule has 0 N–H and O–H groups in total. The van der Waals surface area contributed by atoms with Gasteiger partial charge in [0.05, 0.1) is 0 Å². The molecule has 0 radical (unpaired) electrons. The topological polar surface area (TPSA) is 26.3 Å². The van der Waals surface area contributed by atoms with E-state index < -0.39 is 11.6 Å². The van der Waals surface area contributed by atoms with E-state index in [0.717, 1.165) is 17.9 Å². The third kappa shape index (κ3) is 3.37.